The van der Waals surface area contributed by atoms with E-state index >= 15 is 0 Å². The predicted octanol–water partition coefficient (Wildman–Crippen LogP) is 2.60. The third kappa shape index (κ3) is 1.68. The number of H-pyrrole nitrogens is 1. The van der Waals surface area contributed by atoms with E-state index in [2.05, 4.69) is 16.8 Å². The monoisotopic (exact) mass is 265 g/mol. The fourth-order valence-corrected chi connectivity index (χ4v) is 3.16. The van der Waals surface area contributed by atoms with Gasteiger partial charge in [-0.1, -0.05) is 24.6 Å². The number of halogens is 1. The van der Waals surface area contributed by atoms with E-state index in [-0.39, 0.29) is 11.9 Å². The highest BCUT2D eigenvalue weighted by molar-refractivity contribution is 6.34. The van der Waals surface area contributed by atoms with Crippen molar-refractivity contribution in [2.75, 3.05) is 13.1 Å². The average molecular weight is 266 g/mol. The first-order valence-electron chi connectivity index (χ1n) is 6.35. The normalized spacial score (nSPS) is 20.9. The molecule has 1 aromatic heterocycles. The number of fused-ring (bicyclic) bond motifs is 1. The van der Waals surface area contributed by atoms with Crippen LogP contribution in [0.1, 0.15) is 25.9 Å². The summed E-state index contributed by atoms with van der Waals surface area (Å²) in [5.41, 5.74) is 1.58. The van der Waals surface area contributed by atoms with E-state index in [4.69, 9.17) is 11.6 Å². The number of aromatic nitrogens is 2. The van der Waals surface area contributed by atoms with Crippen LogP contribution in [0.4, 0.5) is 0 Å². The molecule has 0 amide bonds. The lowest BCUT2D eigenvalue weighted by molar-refractivity contribution is 0.204. The molecule has 1 fully saturated rings. The van der Waals surface area contributed by atoms with Gasteiger partial charge in [-0.05, 0) is 31.5 Å². The van der Waals surface area contributed by atoms with Crippen molar-refractivity contribution in [2.45, 2.75) is 25.9 Å². The maximum absolute atomic E-state index is 12.2. The van der Waals surface area contributed by atoms with Gasteiger partial charge >= 0.3 is 5.69 Å². The van der Waals surface area contributed by atoms with Crippen molar-refractivity contribution in [1.29, 1.82) is 0 Å². The van der Waals surface area contributed by atoms with Gasteiger partial charge in [0, 0.05) is 6.54 Å². The Balaban J connectivity index is 2.22. The molecule has 1 unspecified atom stereocenters. The Morgan fingerprint density at radius 1 is 1.50 bits per heavy atom. The second-order valence-corrected chi connectivity index (χ2v) is 5.09. The van der Waals surface area contributed by atoms with E-state index in [1.807, 2.05) is 22.8 Å². The summed E-state index contributed by atoms with van der Waals surface area (Å²) in [4.78, 5) is 17.4. The van der Waals surface area contributed by atoms with Crippen LogP contribution in [-0.4, -0.2) is 27.5 Å². The average Bonchev–Trinajstić information content (AvgIpc) is 2.92. The standard InChI is InChI=1S/C13H16ClN3O/c1-2-16-8-4-7-11(16)17-12-9(14)5-3-6-10(12)15-13(17)18/h3,5-6,11H,2,4,7-8H2,1H3,(H,15,18). The van der Waals surface area contributed by atoms with Crippen LogP contribution in [0.3, 0.4) is 0 Å². The minimum absolute atomic E-state index is 0.0662. The van der Waals surface area contributed by atoms with Crippen LogP contribution in [0.2, 0.25) is 5.02 Å². The molecule has 5 heteroatoms. The molecule has 2 aromatic rings. The first kappa shape index (κ1) is 11.8. The summed E-state index contributed by atoms with van der Waals surface area (Å²) >= 11 is 6.25. The molecule has 0 saturated carbocycles. The molecule has 0 radical (unpaired) electrons. The van der Waals surface area contributed by atoms with Crippen molar-refractivity contribution in [1.82, 2.24) is 14.5 Å². The lowest BCUT2D eigenvalue weighted by Crippen LogP contribution is -2.32. The van der Waals surface area contributed by atoms with E-state index in [1.54, 1.807) is 0 Å². The molecular formula is C13H16ClN3O. The van der Waals surface area contributed by atoms with Gasteiger partial charge in [0.25, 0.3) is 0 Å². The number of para-hydroxylation sites is 1. The summed E-state index contributed by atoms with van der Waals surface area (Å²) in [5, 5.41) is 0.633. The number of hydrogen-bond acceptors (Lipinski definition) is 2. The predicted molar refractivity (Wildman–Crippen MR) is 73.1 cm³/mol. The molecule has 2 heterocycles. The van der Waals surface area contributed by atoms with Crippen molar-refractivity contribution in [2.24, 2.45) is 0 Å². The molecule has 96 valence electrons. The smallest absolute Gasteiger partial charge is 0.305 e. The maximum Gasteiger partial charge on any atom is 0.327 e. The van der Waals surface area contributed by atoms with E-state index in [0.717, 1.165) is 37.0 Å². The third-order valence-electron chi connectivity index (χ3n) is 3.72. The highest BCUT2D eigenvalue weighted by Crippen LogP contribution is 2.30. The summed E-state index contributed by atoms with van der Waals surface area (Å²) in [6, 6.07) is 5.58. The Bertz CT molecular complexity index is 631. The molecule has 18 heavy (non-hydrogen) atoms. The number of rotatable bonds is 2. The maximum atomic E-state index is 12.2. The first-order chi connectivity index (χ1) is 8.72. The van der Waals surface area contributed by atoms with Gasteiger partial charge in [0.15, 0.2) is 0 Å². The van der Waals surface area contributed by atoms with Crippen LogP contribution in [0.25, 0.3) is 11.0 Å². The molecule has 1 aromatic carbocycles. The fourth-order valence-electron chi connectivity index (χ4n) is 2.89. The quantitative estimate of drug-likeness (QED) is 0.907. The van der Waals surface area contributed by atoms with Gasteiger partial charge in [0.2, 0.25) is 0 Å². The van der Waals surface area contributed by atoms with Gasteiger partial charge in [0.05, 0.1) is 22.2 Å². The Morgan fingerprint density at radius 2 is 2.33 bits per heavy atom. The number of likely N-dealkylation sites (tertiary alicyclic amines) is 1. The van der Waals surface area contributed by atoms with Crippen LogP contribution in [-0.2, 0) is 0 Å². The molecule has 0 spiro atoms. The second kappa shape index (κ2) is 4.44. The molecule has 1 N–H and O–H groups in total. The number of benzene rings is 1. The summed E-state index contributed by atoms with van der Waals surface area (Å²) in [6.45, 7) is 4.12. The fraction of sp³-hybridized carbons (Fsp3) is 0.462. The molecule has 1 aliphatic heterocycles. The van der Waals surface area contributed by atoms with Crippen molar-refractivity contribution < 1.29 is 0 Å². The highest BCUT2D eigenvalue weighted by atomic mass is 35.5. The topological polar surface area (TPSA) is 41.0 Å². The Labute approximate surface area is 110 Å². The molecule has 1 atom stereocenters. The zero-order valence-corrected chi connectivity index (χ0v) is 11.1. The van der Waals surface area contributed by atoms with Crippen molar-refractivity contribution in [3.8, 4) is 0 Å². The Kier molecular flexibility index (Phi) is 2.92. The molecular weight excluding hydrogens is 250 g/mol. The van der Waals surface area contributed by atoms with Crippen molar-refractivity contribution in [3.63, 3.8) is 0 Å². The largest absolute Gasteiger partial charge is 0.327 e. The lowest BCUT2D eigenvalue weighted by Gasteiger charge is -2.24. The van der Waals surface area contributed by atoms with Crippen LogP contribution in [0, 0.1) is 0 Å². The number of hydrogen-bond donors (Lipinski definition) is 1. The molecule has 4 nitrogen and oxygen atoms in total. The number of nitrogens with zero attached hydrogens (tertiary/aromatic N) is 2. The summed E-state index contributed by atoms with van der Waals surface area (Å²) < 4.78 is 1.81. The molecule has 0 aliphatic carbocycles. The molecule has 0 bridgehead atoms. The van der Waals surface area contributed by atoms with Gasteiger partial charge in [-0.25, -0.2) is 4.79 Å². The zero-order chi connectivity index (χ0) is 12.7. The third-order valence-corrected chi connectivity index (χ3v) is 4.03. The highest BCUT2D eigenvalue weighted by Gasteiger charge is 2.27. The first-order valence-corrected chi connectivity index (χ1v) is 6.73. The number of nitrogens with one attached hydrogen (secondary N) is 1. The molecule has 1 aliphatic rings. The Hall–Kier alpha value is -1.26. The molecule has 1 saturated heterocycles. The minimum Gasteiger partial charge on any atom is -0.305 e. The van der Waals surface area contributed by atoms with Gasteiger partial charge in [-0.15, -0.1) is 0 Å². The van der Waals surface area contributed by atoms with Crippen LogP contribution >= 0.6 is 11.6 Å². The van der Waals surface area contributed by atoms with Gasteiger partial charge < -0.3 is 4.98 Å². The van der Waals surface area contributed by atoms with Crippen molar-refractivity contribution >= 4 is 22.6 Å². The van der Waals surface area contributed by atoms with Gasteiger partial charge in [-0.3, -0.25) is 9.47 Å². The van der Waals surface area contributed by atoms with E-state index in [1.165, 1.54) is 0 Å². The second-order valence-electron chi connectivity index (χ2n) is 4.69. The summed E-state index contributed by atoms with van der Waals surface area (Å²) in [6.07, 6.45) is 2.27. The van der Waals surface area contributed by atoms with E-state index in [0.29, 0.717) is 5.02 Å². The lowest BCUT2D eigenvalue weighted by atomic mass is 10.3. The zero-order valence-electron chi connectivity index (χ0n) is 10.3. The van der Waals surface area contributed by atoms with Crippen LogP contribution < -0.4 is 5.69 Å². The van der Waals surface area contributed by atoms with Crippen LogP contribution in [0.15, 0.2) is 23.0 Å². The Morgan fingerprint density at radius 3 is 3.11 bits per heavy atom. The van der Waals surface area contributed by atoms with E-state index in [9.17, 15) is 4.79 Å². The SMILES string of the molecule is CCN1CCCC1n1c(=O)[nH]c2cccc(Cl)c21. The van der Waals surface area contributed by atoms with Crippen molar-refractivity contribution in [3.05, 3.63) is 33.7 Å². The van der Waals surface area contributed by atoms with E-state index < -0.39 is 0 Å². The number of imidazole rings is 1. The van der Waals surface area contributed by atoms with Gasteiger partial charge in [-0.2, -0.15) is 0 Å². The minimum atomic E-state index is -0.0662. The summed E-state index contributed by atoms with van der Waals surface area (Å²) in [7, 11) is 0. The van der Waals surface area contributed by atoms with Crippen LogP contribution in [0.5, 0.6) is 0 Å². The molecule has 3 rings (SSSR count). The number of aromatic amines is 1. The summed E-state index contributed by atoms with van der Waals surface area (Å²) in [5.74, 6) is 0. The van der Waals surface area contributed by atoms with Gasteiger partial charge in [0.1, 0.15) is 0 Å².